The van der Waals surface area contributed by atoms with Crippen LogP contribution in [0.15, 0.2) is 0 Å². The molecule has 6 rings (SSSR count). The smallest absolute Gasteiger partial charge is 0.0658 e. The van der Waals surface area contributed by atoms with Crippen LogP contribution < -0.4 is 0 Å². The molecule has 0 amide bonds. The van der Waals surface area contributed by atoms with E-state index < -0.39 is 0 Å². The molecule has 0 aromatic rings. The van der Waals surface area contributed by atoms with Crippen molar-refractivity contribution in [2.45, 2.75) is 118 Å². The molecule has 1 heteroatoms. The number of rotatable bonds is 6. The van der Waals surface area contributed by atoms with E-state index in [0.717, 1.165) is 59.7 Å². The van der Waals surface area contributed by atoms with E-state index >= 15 is 0 Å². The Morgan fingerprint density at radius 3 is 1.52 bits per heavy atom. The minimum atomic E-state index is 0.634. The standard InChI is InChI=1S/C26H47B/c1-9-11-20(10-2)27(23-14-18-12-21(16(23)3)25(18,5)6)24-15-19-13-22(17(24)4)26(19,7)8/h16-24H,9-15H2,1-8H3/t16-,17-,18+,19+,20?,21-,22-,23-,24-/m1/s1. The summed E-state index contributed by atoms with van der Waals surface area (Å²) in [4.78, 5) is 0. The zero-order valence-electron chi connectivity index (χ0n) is 19.7. The fourth-order valence-electron chi connectivity index (χ4n) is 9.45. The molecule has 6 fully saturated rings. The molecule has 6 saturated carbocycles. The third-order valence-corrected chi connectivity index (χ3v) is 11.5. The van der Waals surface area contributed by atoms with Crippen LogP contribution in [-0.4, -0.2) is 6.71 Å². The van der Waals surface area contributed by atoms with Gasteiger partial charge in [-0.3, -0.25) is 0 Å². The predicted octanol–water partition coefficient (Wildman–Crippen LogP) is 8.21. The van der Waals surface area contributed by atoms with E-state index in [1.807, 2.05) is 0 Å². The van der Waals surface area contributed by atoms with Crippen LogP contribution in [0.3, 0.4) is 0 Å². The summed E-state index contributed by atoms with van der Waals surface area (Å²) in [6.07, 6.45) is 10.5. The molecule has 4 bridgehead atoms. The van der Waals surface area contributed by atoms with Crippen molar-refractivity contribution in [2.75, 3.05) is 0 Å². The van der Waals surface area contributed by atoms with Crippen molar-refractivity contribution in [3.8, 4) is 0 Å². The molecular formula is C26H47B. The first kappa shape index (κ1) is 20.3. The van der Waals surface area contributed by atoms with E-state index in [1.165, 1.54) is 19.3 Å². The van der Waals surface area contributed by atoms with E-state index in [-0.39, 0.29) is 0 Å². The van der Waals surface area contributed by atoms with Crippen molar-refractivity contribution in [3.63, 3.8) is 0 Å². The molecule has 1 unspecified atom stereocenters. The molecule has 0 aromatic heterocycles. The van der Waals surface area contributed by atoms with Crippen LogP contribution in [0, 0.1) is 46.3 Å². The molecule has 6 aliphatic rings. The zero-order chi connectivity index (χ0) is 19.7. The van der Waals surface area contributed by atoms with Crippen molar-refractivity contribution < 1.29 is 0 Å². The first-order valence-corrected chi connectivity index (χ1v) is 12.6. The fourth-order valence-corrected chi connectivity index (χ4v) is 9.45. The van der Waals surface area contributed by atoms with Crippen LogP contribution in [0.2, 0.25) is 17.5 Å². The molecule has 0 aliphatic heterocycles. The first-order valence-electron chi connectivity index (χ1n) is 12.6. The summed E-state index contributed by atoms with van der Waals surface area (Å²) in [5, 5.41) is 0. The SMILES string of the molecule is CCCC(CC)B([C@@H]1C[C@@H]2C[C@H]([C@H]1C)C2(C)C)[C@@H]1C[C@@H]2C[C@H]([C@H]1C)C2(C)C. The van der Waals surface area contributed by atoms with E-state index in [0.29, 0.717) is 10.8 Å². The van der Waals surface area contributed by atoms with Crippen molar-refractivity contribution in [2.24, 2.45) is 46.3 Å². The summed E-state index contributed by atoms with van der Waals surface area (Å²) < 4.78 is 0. The lowest BCUT2D eigenvalue weighted by Gasteiger charge is -2.67. The highest BCUT2D eigenvalue weighted by Crippen LogP contribution is 2.70. The molecule has 0 N–H and O–H groups in total. The van der Waals surface area contributed by atoms with Crippen LogP contribution in [0.1, 0.15) is 100 Å². The summed E-state index contributed by atoms with van der Waals surface area (Å²) in [5.41, 5.74) is 1.27. The van der Waals surface area contributed by atoms with Gasteiger partial charge in [-0.25, -0.2) is 0 Å². The van der Waals surface area contributed by atoms with E-state index in [4.69, 9.17) is 0 Å². The van der Waals surface area contributed by atoms with Gasteiger partial charge >= 0.3 is 0 Å². The predicted molar refractivity (Wildman–Crippen MR) is 121 cm³/mol. The normalized spacial score (nSPS) is 47.6. The third-order valence-electron chi connectivity index (χ3n) is 11.5. The van der Waals surface area contributed by atoms with Gasteiger partial charge < -0.3 is 0 Å². The highest BCUT2D eigenvalue weighted by atomic mass is 14.6. The highest BCUT2D eigenvalue weighted by Gasteiger charge is 2.62. The minimum Gasteiger partial charge on any atom is -0.0658 e. The minimum absolute atomic E-state index is 0.634. The summed E-state index contributed by atoms with van der Waals surface area (Å²) >= 11 is 0. The molecule has 0 spiro atoms. The van der Waals surface area contributed by atoms with Gasteiger partial charge in [0.1, 0.15) is 6.71 Å². The molecule has 0 nitrogen and oxygen atoms in total. The van der Waals surface area contributed by atoms with Crippen LogP contribution in [0.4, 0.5) is 0 Å². The Bertz CT molecular complexity index is 506. The molecule has 0 radical (unpaired) electrons. The molecule has 6 aliphatic carbocycles. The molecular weight excluding hydrogens is 323 g/mol. The molecule has 0 saturated heterocycles. The summed E-state index contributed by atoms with van der Waals surface area (Å²) in [5.74, 6) is 9.00. The lowest BCUT2D eigenvalue weighted by molar-refractivity contribution is -0.108. The van der Waals surface area contributed by atoms with E-state index in [1.54, 1.807) is 25.7 Å². The van der Waals surface area contributed by atoms with E-state index in [2.05, 4.69) is 55.4 Å². The monoisotopic (exact) mass is 370 g/mol. The van der Waals surface area contributed by atoms with E-state index in [9.17, 15) is 0 Å². The molecule has 9 atom stereocenters. The lowest BCUT2D eigenvalue weighted by Crippen LogP contribution is -2.60. The topological polar surface area (TPSA) is 0 Å². The third kappa shape index (κ3) is 2.83. The summed E-state index contributed by atoms with van der Waals surface area (Å²) in [6, 6.07) is 0. The Hall–Kier alpha value is 0.0649. The maximum atomic E-state index is 2.66. The van der Waals surface area contributed by atoms with Gasteiger partial charge in [0.15, 0.2) is 0 Å². The second kappa shape index (κ2) is 6.80. The van der Waals surface area contributed by atoms with Gasteiger partial charge in [0, 0.05) is 0 Å². The van der Waals surface area contributed by atoms with Gasteiger partial charge in [0.25, 0.3) is 0 Å². The molecule has 154 valence electrons. The Balaban J connectivity index is 1.61. The zero-order valence-corrected chi connectivity index (χ0v) is 19.7. The van der Waals surface area contributed by atoms with Gasteiger partial charge in [0.05, 0.1) is 0 Å². The largest absolute Gasteiger partial charge is 0.150 e. The maximum Gasteiger partial charge on any atom is 0.150 e. The molecule has 0 heterocycles. The van der Waals surface area contributed by atoms with Gasteiger partial charge in [-0.05, 0) is 59.2 Å². The second-order valence-electron chi connectivity index (χ2n) is 12.8. The van der Waals surface area contributed by atoms with Crippen LogP contribution in [-0.2, 0) is 0 Å². The van der Waals surface area contributed by atoms with Gasteiger partial charge in [-0.2, -0.15) is 0 Å². The van der Waals surface area contributed by atoms with Gasteiger partial charge in [-0.15, -0.1) is 0 Å². The molecule has 27 heavy (non-hydrogen) atoms. The van der Waals surface area contributed by atoms with Crippen molar-refractivity contribution in [1.82, 2.24) is 0 Å². The Labute approximate surface area is 171 Å². The summed E-state index contributed by atoms with van der Waals surface area (Å²) in [7, 11) is 0. The van der Waals surface area contributed by atoms with Crippen molar-refractivity contribution >= 4 is 6.71 Å². The van der Waals surface area contributed by atoms with Crippen molar-refractivity contribution in [3.05, 3.63) is 0 Å². The van der Waals surface area contributed by atoms with Gasteiger partial charge in [0.2, 0.25) is 0 Å². The Kier molecular flexibility index (Phi) is 5.12. The van der Waals surface area contributed by atoms with Crippen LogP contribution in [0.5, 0.6) is 0 Å². The Morgan fingerprint density at radius 1 is 0.778 bits per heavy atom. The Morgan fingerprint density at radius 2 is 1.22 bits per heavy atom. The summed E-state index contributed by atoms with van der Waals surface area (Å²) in [6.45, 7) is 21.6. The average Bonchev–Trinajstić information content (AvgIpc) is 2.62. The first-order chi connectivity index (χ1) is 12.6. The number of hydrogen-bond donors (Lipinski definition) is 0. The average molecular weight is 370 g/mol. The van der Waals surface area contributed by atoms with Gasteiger partial charge in [-0.1, -0.05) is 105 Å². The molecule has 0 aromatic carbocycles. The fraction of sp³-hybridized carbons (Fsp3) is 1.00. The highest BCUT2D eigenvalue weighted by molar-refractivity contribution is 6.64. The number of fused-ring (bicyclic) bond motifs is 4. The number of hydrogen-bond acceptors (Lipinski definition) is 0. The van der Waals surface area contributed by atoms with Crippen LogP contribution >= 0.6 is 0 Å². The maximum absolute atomic E-state index is 2.66. The van der Waals surface area contributed by atoms with Crippen molar-refractivity contribution in [1.29, 1.82) is 0 Å². The quantitative estimate of drug-likeness (QED) is 0.413. The van der Waals surface area contributed by atoms with Crippen LogP contribution in [0.25, 0.3) is 0 Å². The second-order valence-corrected chi connectivity index (χ2v) is 12.8. The lowest BCUT2D eigenvalue weighted by atomic mass is 9.17.